The number of fused-ring (bicyclic) bond motifs is 5. The van der Waals surface area contributed by atoms with Crippen LogP contribution in [0.15, 0.2) is 23.0 Å². The molecule has 0 aromatic heterocycles. The molecule has 13 unspecified atom stereocenters. The monoisotopic (exact) mass is 770 g/mol. The molecular weight excluding hydrogens is 716 g/mol. The van der Waals surface area contributed by atoms with Crippen LogP contribution in [-0.2, 0) is 66.7 Å². The van der Waals surface area contributed by atoms with Crippen LogP contribution in [0.3, 0.4) is 0 Å². The van der Waals surface area contributed by atoms with Crippen molar-refractivity contribution in [1.29, 1.82) is 0 Å². The number of allylic oxidation sites excluding steroid dienone is 2. The number of ether oxygens (including phenoxy) is 7. The van der Waals surface area contributed by atoms with Gasteiger partial charge in [-0.15, -0.1) is 0 Å². The quantitative estimate of drug-likeness (QED) is 0.200. The Morgan fingerprint density at radius 2 is 1.44 bits per heavy atom. The van der Waals surface area contributed by atoms with Crippen LogP contribution < -0.4 is 0 Å². The van der Waals surface area contributed by atoms with Crippen molar-refractivity contribution in [3.05, 3.63) is 23.0 Å². The number of carbonyl (C=O) groups excluding carboxylic acids is 7. The van der Waals surface area contributed by atoms with Gasteiger partial charge in [0.2, 0.25) is 0 Å². The van der Waals surface area contributed by atoms with E-state index in [4.69, 9.17) is 33.2 Å². The third-order valence-corrected chi connectivity index (χ3v) is 14.9. The number of rotatable bonds is 7. The second kappa shape index (κ2) is 12.9. The summed E-state index contributed by atoms with van der Waals surface area (Å²) in [6.45, 7) is 17.0. The van der Waals surface area contributed by atoms with Gasteiger partial charge in [-0.05, 0) is 57.1 Å². The van der Waals surface area contributed by atoms with Crippen LogP contribution >= 0.6 is 0 Å². The minimum atomic E-state index is -1.68. The van der Waals surface area contributed by atoms with Crippen LogP contribution in [0, 0.1) is 44.8 Å². The number of hydrogen-bond acceptors (Lipinski definition) is 14. The van der Waals surface area contributed by atoms with Gasteiger partial charge in [0, 0.05) is 71.1 Å². The standard InChI is InChI=1S/C41H54O14/c1-19-13-30(52-24(6)44)38(11)31(53-25(7)45)16-36(9)17-40(38,55-35(36)48)41(19)21(3)34(54-26(8)46)39(18-50-22(4)42)29-14-27(47)32(49-12)20(2)37(29,10)15-28(33(39)41)51-23(5)43/h13,21,28-31,33-34H,14-18H2,1-12H3. The molecule has 6 aliphatic rings. The van der Waals surface area contributed by atoms with Gasteiger partial charge in [0.25, 0.3) is 0 Å². The van der Waals surface area contributed by atoms with E-state index in [2.05, 4.69) is 0 Å². The third-order valence-electron chi connectivity index (χ3n) is 14.9. The Bertz CT molecular complexity index is 1830. The van der Waals surface area contributed by atoms with E-state index < -0.39 is 111 Å². The minimum absolute atomic E-state index is 0.0573. The highest BCUT2D eigenvalue weighted by Gasteiger charge is 2.89. The van der Waals surface area contributed by atoms with Crippen molar-refractivity contribution in [2.75, 3.05) is 13.7 Å². The maximum Gasteiger partial charge on any atom is 0.312 e. The molecule has 1 saturated heterocycles. The zero-order valence-electron chi connectivity index (χ0n) is 33.9. The molecule has 3 saturated carbocycles. The Morgan fingerprint density at radius 1 is 0.836 bits per heavy atom. The maximum absolute atomic E-state index is 14.5. The number of hydrogen-bond donors (Lipinski definition) is 0. The lowest BCUT2D eigenvalue weighted by atomic mass is 9.36. The van der Waals surface area contributed by atoms with Gasteiger partial charge in [-0.3, -0.25) is 33.6 Å². The number of esters is 6. The fourth-order valence-electron chi connectivity index (χ4n) is 13.1. The number of Topliss-reactive ketones (excluding diaryl/α,β-unsaturated/α-hetero) is 1. The summed E-state index contributed by atoms with van der Waals surface area (Å²) in [4.78, 5) is 94.1. The van der Waals surface area contributed by atoms with Crippen LogP contribution in [0.1, 0.15) is 102 Å². The van der Waals surface area contributed by atoms with E-state index in [-0.39, 0.29) is 43.8 Å². The highest BCUT2D eigenvalue weighted by molar-refractivity contribution is 5.96. The van der Waals surface area contributed by atoms with Crippen molar-refractivity contribution in [2.24, 2.45) is 44.8 Å². The second-order valence-corrected chi connectivity index (χ2v) is 17.6. The summed E-state index contributed by atoms with van der Waals surface area (Å²) >= 11 is 0. The molecule has 302 valence electrons. The highest BCUT2D eigenvalue weighted by atomic mass is 16.6. The van der Waals surface area contributed by atoms with Gasteiger partial charge in [-0.25, -0.2) is 0 Å². The molecule has 0 amide bonds. The molecule has 4 fully saturated rings. The molecule has 14 nitrogen and oxygen atoms in total. The maximum atomic E-state index is 14.5. The molecule has 0 aromatic rings. The molecule has 2 spiro atoms. The lowest BCUT2D eigenvalue weighted by molar-refractivity contribution is -0.280. The first kappa shape index (κ1) is 40.4. The summed E-state index contributed by atoms with van der Waals surface area (Å²) in [5.41, 5.74) is -7.03. The van der Waals surface area contributed by atoms with Crippen LogP contribution in [0.5, 0.6) is 0 Å². The summed E-state index contributed by atoms with van der Waals surface area (Å²) < 4.78 is 43.6. The van der Waals surface area contributed by atoms with Gasteiger partial charge < -0.3 is 33.2 Å². The van der Waals surface area contributed by atoms with E-state index in [9.17, 15) is 33.6 Å². The average Bonchev–Trinajstić information content (AvgIpc) is 3.42. The molecule has 55 heavy (non-hydrogen) atoms. The molecule has 0 aromatic carbocycles. The van der Waals surface area contributed by atoms with Crippen LogP contribution in [0.4, 0.5) is 0 Å². The molecule has 0 radical (unpaired) electrons. The lowest BCUT2D eigenvalue weighted by Gasteiger charge is -2.68. The van der Waals surface area contributed by atoms with Crippen molar-refractivity contribution in [1.82, 2.24) is 0 Å². The topological polar surface area (TPSA) is 184 Å². The lowest BCUT2D eigenvalue weighted by Crippen LogP contribution is -2.76. The van der Waals surface area contributed by atoms with Crippen molar-refractivity contribution in [3.63, 3.8) is 0 Å². The van der Waals surface area contributed by atoms with Gasteiger partial charge in [0.1, 0.15) is 36.6 Å². The van der Waals surface area contributed by atoms with Gasteiger partial charge >= 0.3 is 35.8 Å². The highest BCUT2D eigenvalue weighted by Crippen LogP contribution is 2.82. The van der Waals surface area contributed by atoms with Gasteiger partial charge in [0.15, 0.2) is 11.5 Å². The Labute approximate surface area is 321 Å². The fraction of sp³-hybridized carbons (Fsp3) is 0.732. The van der Waals surface area contributed by atoms with Crippen LogP contribution in [0.25, 0.3) is 0 Å². The number of methoxy groups -OCH3 is 1. The Balaban J connectivity index is 1.81. The zero-order valence-corrected chi connectivity index (χ0v) is 33.9. The Morgan fingerprint density at radius 3 is 1.98 bits per heavy atom. The molecule has 5 aliphatic carbocycles. The number of carbonyl (C=O) groups is 7. The van der Waals surface area contributed by atoms with Gasteiger partial charge in [0.05, 0.1) is 23.4 Å². The Hall–Kier alpha value is -4.23. The van der Waals surface area contributed by atoms with Crippen molar-refractivity contribution in [3.8, 4) is 0 Å². The fourth-order valence-corrected chi connectivity index (χ4v) is 13.1. The third kappa shape index (κ3) is 5.13. The minimum Gasteiger partial charge on any atom is -0.493 e. The van der Waals surface area contributed by atoms with Crippen molar-refractivity contribution in [2.45, 2.75) is 132 Å². The molecular formula is C41H54O14. The molecule has 2 bridgehead atoms. The normalized spacial score (nSPS) is 43.9. The van der Waals surface area contributed by atoms with Gasteiger partial charge in [-0.1, -0.05) is 19.4 Å². The van der Waals surface area contributed by atoms with Crippen LogP contribution in [0.2, 0.25) is 0 Å². The number of ketones is 1. The first-order valence-corrected chi connectivity index (χ1v) is 19.0. The largest absolute Gasteiger partial charge is 0.493 e. The molecule has 1 heterocycles. The van der Waals surface area contributed by atoms with Crippen LogP contribution in [-0.4, -0.2) is 85.3 Å². The summed E-state index contributed by atoms with van der Waals surface area (Å²) in [5, 5.41) is 0. The van der Waals surface area contributed by atoms with Crippen molar-refractivity contribution < 1.29 is 66.7 Å². The summed E-state index contributed by atoms with van der Waals surface area (Å²) in [5.74, 6) is -6.29. The van der Waals surface area contributed by atoms with E-state index >= 15 is 0 Å². The van der Waals surface area contributed by atoms with Gasteiger partial charge in [-0.2, -0.15) is 0 Å². The van der Waals surface area contributed by atoms with E-state index in [1.807, 2.05) is 20.8 Å². The summed E-state index contributed by atoms with van der Waals surface area (Å²) in [6, 6.07) is 0. The predicted octanol–water partition coefficient (Wildman–Crippen LogP) is 4.50. The first-order valence-electron chi connectivity index (χ1n) is 19.0. The molecule has 13 atom stereocenters. The smallest absolute Gasteiger partial charge is 0.312 e. The second-order valence-electron chi connectivity index (χ2n) is 17.6. The average molecular weight is 771 g/mol. The van der Waals surface area contributed by atoms with Crippen molar-refractivity contribution >= 4 is 41.6 Å². The van der Waals surface area contributed by atoms with E-state index in [0.29, 0.717) is 11.1 Å². The molecule has 1 aliphatic heterocycles. The Kier molecular flexibility index (Phi) is 9.49. The molecule has 6 rings (SSSR count). The summed E-state index contributed by atoms with van der Waals surface area (Å²) in [7, 11) is 1.42. The summed E-state index contributed by atoms with van der Waals surface area (Å²) in [6.07, 6.45) is -2.29. The molecule has 0 N–H and O–H groups in total. The van der Waals surface area contributed by atoms with E-state index in [0.717, 1.165) is 0 Å². The van der Waals surface area contributed by atoms with E-state index in [1.165, 1.54) is 41.7 Å². The molecule has 14 heteroatoms. The zero-order chi connectivity index (χ0) is 41.0. The SMILES string of the molecule is COC1=C(C)C2(C)CC(OC(C)=O)C3C(COC(C)=O)(C(OC(C)=O)C(C)C34C(C)=CC(OC(C)=O)C3(C)C(OC(C)=O)CC5(C)CC34OC5=O)C2CC1=O. The first-order chi connectivity index (χ1) is 25.4. The predicted molar refractivity (Wildman–Crippen MR) is 190 cm³/mol. The van der Waals surface area contributed by atoms with E-state index in [1.54, 1.807) is 26.8 Å².